The van der Waals surface area contributed by atoms with E-state index in [1.54, 1.807) is 12.1 Å². The van der Waals surface area contributed by atoms with E-state index in [9.17, 15) is 14.0 Å². The van der Waals surface area contributed by atoms with Crippen molar-refractivity contribution in [1.29, 1.82) is 0 Å². The normalized spacial score (nSPS) is 13.7. The zero-order valence-electron chi connectivity index (χ0n) is 17.7. The van der Waals surface area contributed by atoms with Gasteiger partial charge in [-0.2, -0.15) is 0 Å². The van der Waals surface area contributed by atoms with Crippen molar-refractivity contribution in [2.45, 2.75) is 13.8 Å². The van der Waals surface area contributed by atoms with Gasteiger partial charge in [-0.05, 0) is 66.9 Å². The Morgan fingerprint density at radius 3 is 2.34 bits per heavy atom. The van der Waals surface area contributed by atoms with Crippen LogP contribution in [-0.2, 0) is 9.59 Å². The molecule has 3 aromatic rings. The molecule has 0 saturated heterocycles. The lowest BCUT2D eigenvalue weighted by atomic mass is 10.0. The summed E-state index contributed by atoms with van der Waals surface area (Å²) in [5, 5.41) is 3.41. The Kier molecular flexibility index (Phi) is 5.72. The zero-order chi connectivity index (χ0) is 23.0. The summed E-state index contributed by atoms with van der Waals surface area (Å²) in [5.41, 5.74) is 3.70. The molecule has 2 amide bonds. The van der Waals surface area contributed by atoms with Gasteiger partial charge in [-0.3, -0.25) is 9.59 Å². The molecule has 0 fully saturated rings. The summed E-state index contributed by atoms with van der Waals surface area (Å²) in [7, 11) is 1.48. The molecule has 0 spiro atoms. The highest BCUT2D eigenvalue weighted by atomic mass is 35.5. The van der Waals surface area contributed by atoms with Gasteiger partial charge in [-0.1, -0.05) is 35.9 Å². The van der Waals surface area contributed by atoms with E-state index in [1.165, 1.54) is 37.4 Å². The van der Waals surface area contributed by atoms with Gasteiger partial charge in [0.2, 0.25) is 0 Å². The van der Waals surface area contributed by atoms with Crippen LogP contribution in [0, 0.1) is 19.7 Å². The number of hydrogen-bond acceptors (Lipinski definition) is 4. The van der Waals surface area contributed by atoms with Gasteiger partial charge in [-0.25, -0.2) is 9.29 Å². The average molecular weight is 451 g/mol. The molecule has 162 valence electrons. The number of rotatable bonds is 5. The topological polar surface area (TPSA) is 58.6 Å². The number of nitrogens with one attached hydrogen (secondary N) is 1. The first kappa shape index (κ1) is 21.6. The van der Waals surface area contributed by atoms with Crippen molar-refractivity contribution in [3.63, 3.8) is 0 Å². The SMILES string of the molecule is COc1ccc(N2C(=O)C(Nc3cccc(C)c3C)=C(c3ccc(F)cc3)C2=O)cc1Cl. The second-order valence-corrected chi connectivity index (χ2v) is 7.80. The van der Waals surface area contributed by atoms with Crippen LogP contribution < -0.4 is 15.0 Å². The summed E-state index contributed by atoms with van der Waals surface area (Å²) in [4.78, 5) is 28.0. The third kappa shape index (κ3) is 3.74. The van der Waals surface area contributed by atoms with E-state index in [-0.39, 0.29) is 16.3 Å². The maximum absolute atomic E-state index is 13.5. The fourth-order valence-corrected chi connectivity index (χ4v) is 3.83. The highest BCUT2D eigenvalue weighted by Crippen LogP contribution is 2.37. The van der Waals surface area contributed by atoms with Gasteiger partial charge >= 0.3 is 0 Å². The van der Waals surface area contributed by atoms with Crippen LogP contribution in [0.2, 0.25) is 5.02 Å². The van der Waals surface area contributed by atoms with Gasteiger partial charge in [0.05, 0.1) is 23.4 Å². The minimum Gasteiger partial charge on any atom is -0.495 e. The maximum Gasteiger partial charge on any atom is 0.282 e. The lowest BCUT2D eigenvalue weighted by Gasteiger charge is -2.17. The van der Waals surface area contributed by atoms with E-state index in [1.807, 2.05) is 32.0 Å². The van der Waals surface area contributed by atoms with E-state index in [2.05, 4.69) is 5.32 Å². The molecule has 0 bridgehead atoms. The molecule has 1 heterocycles. The van der Waals surface area contributed by atoms with Crippen LogP contribution in [0.1, 0.15) is 16.7 Å². The maximum atomic E-state index is 13.5. The molecular formula is C25H20ClFN2O3. The Morgan fingerprint density at radius 1 is 0.969 bits per heavy atom. The smallest absolute Gasteiger partial charge is 0.282 e. The number of carbonyl (C=O) groups excluding carboxylic acids is 2. The van der Waals surface area contributed by atoms with Crippen molar-refractivity contribution in [2.24, 2.45) is 0 Å². The van der Waals surface area contributed by atoms with Crippen molar-refractivity contribution >= 4 is 40.4 Å². The number of nitrogens with zero attached hydrogens (tertiary/aromatic N) is 1. The Balaban J connectivity index is 1.84. The Labute approximate surface area is 190 Å². The lowest BCUT2D eigenvalue weighted by molar-refractivity contribution is -0.120. The number of benzene rings is 3. The van der Waals surface area contributed by atoms with Crippen LogP contribution in [-0.4, -0.2) is 18.9 Å². The Bertz CT molecular complexity index is 1270. The van der Waals surface area contributed by atoms with Crippen molar-refractivity contribution in [2.75, 3.05) is 17.3 Å². The van der Waals surface area contributed by atoms with Crippen molar-refractivity contribution in [3.05, 3.63) is 93.9 Å². The van der Waals surface area contributed by atoms with Crippen LogP contribution in [0.4, 0.5) is 15.8 Å². The first-order chi connectivity index (χ1) is 15.3. The summed E-state index contributed by atoms with van der Waals surface area (Å²) in [6, 6.07) is 15.8. The molecule has 1 N–H and O–H groups in total. The summed E-state index contributed by atoms with van der Waals surface area (Å²) in [5.74, 6) is -1.07. The summed E-state index contributed by atoms with van der Waals surface area (Å²) in [6.45, 7) is 3.89. The van der Waals surface area contributed by atoms with E-state index in [0.29, 0.717) is 22.7 Å². The molecule has 0 aliphatic carbocycles. The number of halogens is 2. The van der Waals surface area contributed by atoms with Crippen molar-refractivity contribution < 1.29 is 18.7 Å². The first-order valence-electron chi connectivity index (χ1n) is 9.87. The third-order valence-electron chi connectivity index (χ3n) is 5.47. The number of anilines is 2. The second kappa shape index (κ2) is 8.48. The van der Waals surface area contributed by atoms with E-state index >= 15 is 0 Å². The number of carbonyl (C=O) groups is 2. The molecule has 4 rings (SSSR count). The molecule has 0 atom stereocenters. The predicted molar refractivity (Wildman–Crippen MR) is 123 cm³/mol. The lowest BCUT2D eigenvalue weighted by Crippen LogP contribution is -2.32. The Morgan fingerprint density at radius 2 is 1.69 bits per heavy atom. The molecule has 3 aromatic carbocycles. The number of aryl methyl sites for hydroxylation is 1. The van der Waals surface area contributed by atoms with Crippen LogP contribution in [0.3, 0.4) is 0 Å². The summed E-state index contributed by atoms with van der Waals surface area (Å²) < 4.78 is 18.7. The molecule has 32 heavy (non-hydrogen) atoms. The molecule has 1 aliphatic heterocycles. The van der Waals surface area contributed by atoms with Gasteiger partial charge in [0, 0.05) is 5.69 Å². The molecular weight excluding hydrogens is 431 g/mol. The number of methoxy groups -OCH3 is 1. The molecule has 0 saturated carbocycles. The molecule has 0 aromatic heterocycles. The van der Waals surface area contributed by atoms with Crippen molar-refractivity contribution in [3.8, 4) is 5.75 Å². The number of imide groups is 1. The van der Waals surface area contributed by atoms with Crippen LogP contribution >= 0.6 is 11.6 Å². The minimum atomic E-state index is -0.532. The van der Waals surface area contributed by atoms with Gasteiger partial charge in [0.25, 0.3) is 11.8 Å². The van der Waals surface area contributed by atoms with Gasteiger partial charge < -0.3 is 10.1 Å². The highest BCUT2D eigenvalue weighted by Gasteiger charge is 2.40. The number of hydrogen-bond donors (Lipinski definition) is 1. The predicted octanol–water partition coefficient (Wildman–Crippen LogP) is 5.50. The monoisotopic (exact) mass is 450 g/mol. The summed E-state index contributed by atoms with van der Waals surface area (Å²) in [6.07, 6.45) is 0. The van der Waals surface area contributed by atoms with Crippen molar-refractivity contribution in [1.82, 2.24) is 0 Å². The average Bonchev–Trinajstić information content (AvgIpc) is 3.01. The molecule has 0 unspecified atom stereocenters. The van der Waals surface area contributed by atoms with E-state index in [4.69, 9.17) is 16.3 Å². The number of amides is 2. The van der Waals surface area contributed by atoms with E-state index in [0.717, 1.165) is 16.0 Å². The molecule has 7 heteroatoms. The van der Waals surface area contributed by atoms with Crippen LogP contribution in [0.15, 0.2) is 66.4 Å². The first-order valence-corrected chi connectivity index (χ1v) is 10.3. The third-order valence-corrected chi connectivity index (χ3v) is 5.77. The van der Waals surface area contributed by atoms with E-state index < -0.39 is 17.6 Å². The van der Waals surface area contributed by atoms with Crippen LogP contribution in [0.5, 0.6) is 5.75 Å². The molecule has 1 aliphatic rings. The fraction of sp³-hybridized carbons (Fsp3) is 0.120. The second-order valence-electron chi connectivity index (χ2n) is 7.39. The fourth-order valence-electron chi connectivity index (χ4n) is 3.58. The van der Waals surface area contributed by atoms with Gasteiger partial charge in [-0.15, -0.1) is 0 Å². The molecule has 0 radical (unpaired) electrons. The highest BCUT2D eigenvalue weighted by molar-refractivity contribution is 6.46. The summed E-state index contributed by atoms with van der Waals surface area (Å²) >= 11 is 6.23. The quantitative estimate of drug-likeness (QED) is 0.521. The largest absolute Gasteiger partial charge is 0.495 e. The minimum absolute atomic E-state index is 0.113. The standard InChI is InChI=1S/C25H20ClFN2O3/c1-14-5-4-6-20(15(14)2)28-23-22(16-7-9-17(27)10-8-16)24(30)29(25(23)31)18-11-12-21(32-3)19(26)13-18/h4-13,28H,1-3H3. The van der Waals surface area contributed by atoms with Gasteiger partial charge in [0.1, 0.15) is 17.3 Å². The Hall–Kier alpha value is -3.64. The molecule has 5 nitrogen and oxygen atoms in total. The number of ether oxygens (including phenoxy) is 1. The van der Waals surface area contributed by atoms with Gasteiger partial charge in [0.15, 0.2) is 0 Å². The zero-order valence-corrected chi connectivity index (χ0v) is 18.5. The van der Waals surface area contributed by atoms with Crippen LogP contribution in [0.25, 0.3) is 5.57 Å².